The Morgan fingerprint density at radius 1 is 1.23 bits per heavy atom. The molecular formula is C15H16N2O5. The van der Waals surface area contributed by atoms with Gasteiger partial charge in [0, 0.05) is 12.1 Å². The molecule has 0 spiro atoms. The van der Waals surface area contributed by atoms with E-state index in [0.717, 1.165) is 0 Å². The van der Waals surface area contributed by atoms with Crippen LogP contribution in [-0.2, 0) is 4.79 Å². The number of methoxy groups -OCH3 is 2. The van der Waals surface area contributed by atoms with Crippen molar-refractivity contribution in [2.75, 3.05) is 26.1 Å². The summed E-state index contributed by atoms with van der Waals surface area (Å²) in [6.07, 6.45) is 1.29. The minimum absolute atomic E-state index is 0.0549. The van der Waals surface area contributed by atoms with Crippen molar-refractivity contribution in [3.63, 3.8) is 0 Å². The number of amides is 1. The number of carbonyl (C=O) groups excluding carboxylic acids is 1. The minimum atomic E-state index is -0.410. The van der Waals surface area contributed by atoms with Gasteiger partial charge in [0.1, 0.15) is 11.5 Å². The number of aromatic nitrogens is 1. The van der Waals surface area contributed by atoms with E-state index in [1.54, 1.807) is 37.4 Å². The fourth-order valence-corrected chi connectivity index (χ4v) is 1.75. The van der Waals surface area contributed by atoms with E-state index in [4.69, 9.17) is 14.2 Å². The van der Waals surface area contributed by atoms with Gasteiger partial charge in [0.15, 0.2) is 12.8 Å². The average Bonchev–Trinajstić information content (AvgIpc) is 2.54. The Morgan fingerprint density at radius 3 is 2.73 bits per heavy atom. The van der Waals surface area contributed by atoms with Gasteiger partial charge in [-0.25, -0.2) is 0 Å². The van der Waals surface area contributed by atoms with Crippen LogP contribution in [0.2, 0.25) is 0 Å². The van der Waals surface area contributed by atoms with Crippen LogP contribution >= 0.6 is 0 Å². The summed E-state index contributed by atoms with van der Waals surface area (Å²) in [6, 6.07) is 9.71. The maximum Gasteiger partial charge on any atom is 0.379 e. The standard InChI is InChI=1S/C15H16N2O5/c1-20-11-6-7-12(13(9-11)21-2)16-14(18)10-22-15-5-3-4-8-17(15)19/h3-9H,10H2,1-2H3,(H,16,18). The SMILES string of the molecule is COc1ccc(NC(=O)COc2cccc[n+]2[O-])c(OC)c1. The maximum atomic E-state index is 11.9. The zero-order chi connectivity index (χ0) is 15.9. The Bertz CT molecular complexity index is 660. The number of nitrogens with one attached hydrogen (secondary N) is 1. The Labute approximate surface area is 127 Å². The van der Waals surface area contributed by atoms with Crippen LogP contribution in [0, 0.1) is 5.21 Å². The monoisotopic (exact) mass is 304 g/mol. The van der Waals surface area contributed by atoms with E-state index in [0.29, 0.717) is 21.9 Å². The zero-order valence-corrected chi connectivity index (χ0v) is 12.2. The number of nitrogens with zero attached hydrogens (tertiary/aromatic N) is 1. The molecule has 1 aromatic carbocycles. The molecule has 0 radical (unpaired) electrons. The fourth-order valence-electron chi connectivity index (χ4n) is 1.75. The van der Waals surface area contributed by atoms with Crippen LogP contribution in [0.3, 0.4) is 0 Å². The molecule has 0 aliphatic heterocycles. The molecule has 7 heteroatoms. The van der Waals surface area contributed by atoms with Crippen LogP contribution in [0.4, 0.5) is 5.69 Å². The van der Waals surface area contributed by atoms with Crippen LogP contribution in [0.15, 0.2) is 42.6 Å². The number of pyridine rings is 1. The molecule has 1 N–H and O–H groups in total. The topological polar surface area (TPSA) is 83.7 Å². The second kappa shape index (κ2) is 7.16. The first-order valence-electron chi connectivity index (χ1n) is 6.47. The van der Waals surface area contributed by atoms with Crippen molar-refractivity contribution in [2.45, 2.75) is 0 Å². The van der Waals surface area contributed by atoms with Gasteiger partial charge in [-0.15, -0.1) is 4.73 Å². The molecule has 2 rings (SSSR count). The summed E-state index contributed by atoms with van der Waals surface area (Å²) >= 11 is 0. The molecule has 116 valence electrons. The lowest BCUT2D eigenvalue weighted by Gasteiger charge is -2.11. The lowest BCUT2D eigenvalue weighted by molar-refractivity contribution is -0.612. The third kappa shape index (κ3) is 3.78. The summed E-state index contributed by atoms with van der Waals surface area (Å²) in [6.45, 7) is -0.290. The van der Waals surface area contributed by atoms with Gasteiger partial charge in [0.25, 0.3) is 5.91 Å². The first-order valence-corrected chi connectivity index (χ1v) is 6.47. The Hall–Kier alpha value is -2.96. The van der Waals surface area contributed by atoms with E-state index < -0.39 is 5.91 Å². The van der Waals surface area contributed by atoms with Gasteiger partial charge in [-0.2, -0.15) is 0 Å². The van der Waals surface area contributed by atoms with Crippen LogP contribution in [0.25, 0.3) is 0 Å². The van der Waals surface area contributed by atoms with Gasteiger partial charge < -0.3 is 24.7 Å². The number of carbonyl (C=O) groups is 1. The third-order valence-corrected chi connectivity index (χ3v) is 2.82. The highest BCUT2D eigenvalue weighted by atomic mass is 16.6. The number of ether oxygens (including phenoxy) is 3. The van der Waals surface area contributed by atoms with Crippen LogP contribution in [-0.4, -0.2) is 26.7 Å². The van der Waals surface area contributed by atoms with Crippen molar-refractivity contribution < 1.29 is 23.7 Å². The van der Waals surface area contributed by atoms with Gasteiger partial charge >= 0.3 is 5.88 Å². The number of anilines is 1. The van der Waals surface area contributed by atoms with Gasteiger partial charge in [0.05, 0.1) is 26.0 Å². The summed E-state index contributed by atoms with van der Waals surface area (Å²) < 4.78 is 16.0. The van der Waals surface area contributed by atoms with E-state index in [9.17, 15) is 10.0 Å². The van der Waals surface area contributed by atoms with Crippen molar-refractivity contribution in [1.82, 2.24) is 0 Å². The first-order chi connectivity index (χ1) is 10.6. The summed E-state index contributed by atoms with van der Waals surface area (Å²) in [4.78, 5) is 11.9. The molecule has 0 saturated carbocycles. The molecule has 0 unspecified atom stereocenters. The molecule has 0 saturated heterocycles. The number of hydrogen-bond acceptors (Lipinski definition) is 5. The molecule has 7 nitrogen and oxygen atoms in total. The van der Waals surface area contributed by atoms with Crippen LogP contribution in [0.5, 0.6) is 17.4 Å². The van der Waals surface area contributed by atoms with Crippen LogP contribution < -0.4 is 24.3 Å². The molecule has 22 heavy (non-hydrogen) atoms. The van der Waals surface area contributed by atoms with Gasteiger partial charge in [-0.05, 0) is 18.2 Å². The van der Waals surface area contributed by atoms with E-state index in [1.807, 2.05) is 0 Å². The van der Waals surface area contributed by atoms with Crippen molar-refractivity contribution in [3.05, 3.63) is 47.8 Å². The lowest BCUT2D eigenvalue weighted by Crippen LogP contribution is -2.30. The first kappa shape index (κ1) is 15.4. The minimum Gasteiger partial charge on any atom is -0.616 e. The summed E-state index contributed by atoms with van der Waals surface area (Å²) in [5, 5.41) is 14.0. The van der Waals surface area contributed by atoms with E-state index in [1.165, 1.54) is 19.4 Å². The van der Waals surface area contributed by atoms with Gasteiger partial charge in [-0.3, -0.25) is 4.79 Å². The second-order valence-corrected chi connectivity index (χ2v) is 4.27. The molecule has 0 fully saturated rings. The predicted molar refractivity (Wildman–Crippen MR) is 79.1 cm³/mol. The molecule has 1 aromatic heterocycles. The molecule has 1 heterocycles. The maximum absolute atomic E-state index is 11.9. The fraction of sp³-hybridized carbons (Fsp3) is 0.200. The largest absolute Gasteiger partial charge is 0.616 e. The quantitative estimate of drug-likeness (QED) is 0.643. The summed E-state index contributed by atoms with van der Waals surface area (Å²) in [5.41, 5.74) is 0.486. The summed E-state index contributed by atoms with van der Waals surface area (Å²) in [5.74, 6) is 0.723. The smallest absolute Gasteiger partial charge is 0.379 e. The lowest BCUT2D eigenvalue weighted by atomic mass is 10.2. The highest BCUT2D eigenvalue weighted by Crippen LogP contribution is 2.28. The zero-order valence-electron chi connectivity index (χ0n) is 12.2. The van der Waals surface area contributed by atoms with E-state index in [2.05, 4.69) is 5.32 Å². The van der Waals surface area contributed by atoms with Gasteiger partial charge in [-0.1, -0.05) is 0 Å². The van der Waals surface area contributed by atoms with Crippen molar-refractivity contribution >= 4 is 11.6 Å². The van der Waals surface area contributed by atoms with E-state index in [-0.39, 0.29) is 12.5 Å². The van der Waals surface area contributed by atoms with E-state index >= 15 is 0 Å². The molecule has 0 atom stereocenters. The third-order valence-electron chi connectivity index (χ3n) is 2.82. The Morgan fingerprint density at radius 2 is 2.05 bits per heavy atom. The highest BCUT2D eigenvalue weighted by Gasteiger charge is 2.12. The van der Waals surface area contributed by atoms with Crippen molar-refractivity contribution in [2.24, 2.45) is 0 Å². The van der Waals surface area contributed by atoms with Crippen LogP contribution in [0.1, 0.15) is 0 Å². The number of benzene rings is 1. The highest BCUT2D eigenvalue weighted by molar-refractivity contribution is 5.93. The molecule has 2 aromatic rings. The normalized spacial score (nSPS) is 9.91. The summed E-state index contributed by atoms with van der Waals surface area (Å²) in [7, 11) is 3.03. The second-order valence-electron chi connectivity index (χ2n) is 4.27. The van der Waals surface area contributed by atoms with Gasteiger partial charge in [0.2, 0.25) is 0 Å². The molecule has 1 amide bonds. The number of rotatable bonds is 6. The number of hydrogen-bond donors (Lipinski definition) is 1. The molecular weight excluding hydrogens is 288 g/mol. The Balaban J connectivity index is 1.99. The molecule has 0 aliphatic rings. The Kier molecular flexibility index (Phi) is 5.02. The van der Waals surface area contributed by atoms with Crippen molar-refractivity contribution in [1.29, 1.82) is 0 Å². The molecule has 0 aliphatic carbocycles. The molecule has 0 bridgehead atoms. The average molecular weight is 304 g/mol. The predicted octanol–water partition coefficient (Wildman–Crippen LogP) is 1.35. The van der Waals surface area contributed by atoms with Crippen molar-refractivity contribution in [3.8, 4) is 17.4 Å².